The zero-order chi connectivity index (χ0) is 29.7. The Morgan fingerprint density at radius 1 is 0.923 bits per heavy atom. The fraction of sp³-hybridized carbons (Fsp3) is 0.478. The highest BCUT2D eigenvalue weighted by Gasteiger charge is 2.32. The lowest BCUT2D eigenvalue weighted by molar-refractivity contribution is -0.142. The second-order valence-electron chi connectivity index (χ2n) is 8.78. The SMILES string of the molecule is CC(O)C(NC(=O)C(N)CC(N)=O)C(=O)NC(Cc1ccc(O)cc1)C(=O)NC(CCCN=C(N)N)C(=O)O. The number of phenols is 1. The number of phenolic OH excluding ortho intramolecular Hbond substituents is 1. The summed E-state index contributed by atoms with van der Waals surface area (Å²) >= 11 is 0. The molecule has 5 unspecified atom stereocenters. The summed E-state index contributed by atoms with van der Waals surface area (Å²) in [5.74, 6) is -5.19. The lowest BCUT2D eigenvalue weighted by Crippen LogP contribution is -2.60. The third-order valence-corrected chi connectivity index (χ3v) is 5.39. The van der Waals surface area contributed by atoms with E-state index >= 15 is 0 Å². The number of carboxylic acid groups (broad SMARTS) is 1. The smallest absolute Gasteiger partial charge is 0.326 e. The van der Waals surface area contributed by atoms with Crippen LogP contribution in [-0.2, 0) is 30.4 Å². The number of aliphatic hydroxyl groups is 1. The molecule has 0 fully saturated rings. The first kappa shape index (κ1) is 32.6. The number of guanidine groups is 1. The molecule has 0 spiro atoms. The molecule has 16 nitrogen and oxygen atoms in total. The summed E-state index contributed by atoms with van der Waals surface area (Å²) in [6.45, 7) is 1.33. The van der Waals surface area contributed by atoms with Crippen LogP contribution >= 0.6 is 0 Å². The van der Waals surface area contributed by atoms with Gasteiger partial charge in [-0.05, 0) is 37.5 Å². The topological polar surface area (TPSA) is 299 Å². The van der Waals surface area contributed by atoms with Crippen molar-refractivity contribution in [2.75, 3.05) is 6.54 Å². The van der Waals surface area contributed by atoms with Gasteiger partial charge in [-0.1, -0.05) is 12.1 Å². The predicted octanol–water partition coefficient (Wildman–Crippen LogP) is -3.89. The van der Waals surface area contributed by atoms with Crippen LogP contribution in [0.2, 0.25) is 0 Å². The van der Waals surface area contributed by atoms with Gasteiger partial charge in [-0.15, -0.1) is 0 Å². The number of carbonyl (C=O) groups excluding carboxylic acids is 4. The van der Waals surface area contributed by atoms with Crippen LogP contribution in [0.15, 0.2) is 29.3 Å². The number of hydrogen-bond acceptors (Lipinski definition) is 9. The summed E-state index contributed by atoms with van der Waals surface area (Å²) in [4.78, 5) is 65.0. The molecule has 0 aliphatic heterocycles. The van der Waals surface area contributed by atoms with Crippen LogP contribution in [0.25, 0.3) is 0 Å². The number of aliphatic hydroxyl groups excluding tert-OH is 1. The van der Waals surface area contributed by atoms with Gasteiger partial charge in [-0.3, -0.25) is 24.2 Å². The molecular weight excluding hydrogens is 516 g/mol. The number of benzene rings is 1. The van der Waals surface area contributed by atoms with Crippen molar-refractivity contribution < 1.29 is 39.3 Å². The molecule has 0 radical (unpaired) electrons. The Kier molecular flexibility index (Phi) is 13.1. The van der Waals surface area contributed by atoms with Gasteiger partial charge >= 0.3 is 5.97 Å². The molecule has 0 saturated carbocycles. The molecular formula is C23H36N8O8. The molecule has 0 heterocycles. The molecule has 5 atom stereocenters. The monoisotopic (exact) mass is 552 g/mol. The second kappa shape index (κ2) is 15.7. The standard InChI is InChI=1S/C23H36N8O8/c1-11(32)18(31-19(35)14(24)10-17(25)34)21(37)30-16(9-12-4-6-13(33)7-5-12)20(36)29-15(22(38)39)3-2-8-28-23(26)27/h4-7,11,14-16,18,32-33H,2-3,8-10,24H2,1H3,(H2,25,34)(H,29,36)(H,30,37)(H,31,35)(H,38,39)(H4,26,27,28). The Labute approximate surface area is 224 Å². The van der Waals surface area contributed by atoms with Gasteiger partial charge in [0, 0.05) is 13.0 Å². The number of aromatic hydroxyl groups is 1. The van der Waals surface area contributed by atoms with Crippen molar-refractivity contribution in [1.82, 2.24) is 16.0 Å². The van der Waals surface area contributed by atoms with E-state index < -0.39 is 66.3 Å². The van der Waals surface area contributed by atoms with Crippen LogP contribution in [-0.4, -0.2) is 87.7 Å². The summed E-state index contributed by atoms with van der Waals surface area (Å²) in [6, 6.07) is 0.0161. The molecule has 14 N–H and O–H groups in total. The quantitative estimate of drug-likeness (QED) is 0.0537. The Hall–Kier alpha value is -4.44. The van der Waals surface area contributed by atoms with Crippen molar-refractivity contribution in [2.45, 2.75) is 62.9 Å². The summed E-state index contributed by atoms with van der Waals surface area (Å²) in [6.07, 6.45) is -1.89. The number of nitrogens with one attached hydrogen (secondary N) is 3. The summed E-state index contributed by atoms with van der Waals surface area (Å²) in [5, 5.41) is 36.2. The van der Waals surface area contributed by atoms with E-state index in [2.05, 4.69) is 20.9 Å². The van der Waals surface area contributed by atoms with Crippen molar-refractivity contribution in [3.63, 3.8) is 0 Å². The number of nitrogens with two attached hydrogens (primary N) is 4. The van der Waals surface area contributed by atoms with Gasteiger partial charge in [-0.25, -0.2) is 4.79 Å². The fourth-order valence-corrected chi connectivity index (χ4v) is 3.35. The number of carbonyl (C=O) groups is 5. The zero-order valence-electron chi connectivity index (χ0n) is 21.4. The lowest BCUT2D eigenvalue weighted by atomic mass is 10.0. The van der Waals surface area contributed by atoms with E-state index in [1.54, 1.807) is 0 Å². The van der Waals surface area contributed by atoms with E-state index in [0.717, 1.165) is 0 Å². The van der Waals surface area contributed by atoms with Crippen LogP contribution in [0.1, 0.15) is 31.7 Å². The highest BCUT2D eigenvalue weighted by Crippen LogP contribution is 2.12. The molecule has 0 aromatic heterocycles. The molecule has 1 aromatic carbocycles. The minimum absolute atomic E-state index is 0.0260. The number of aliphatic carboxylic acids is 1. The maximum atomic E-state index is 13.1. The number of rotatable bonds is 16. The summed E-state index contributed by atoms with van der Waals surface area (Å²) < 4.78 is 0. The first-order valence-corrected chi connectivity index (χ1v) is 11.9. The van der Waals surface area contributed by atoms with Crippen molar-refractivity contribution in [3.8, 4) is 5.75 Å². The van der Waals surface area contributed by atoms with E-state index in [-0.39, 0.29) is 37.5 Å². The molecule has 1 aromatic rings. The minimum Gasteiger partial charge on any atom is -0.508 e. The Morgan fingerprint density at radius 2 is 1.51 bits per heavy atom. The van der Waals surface area contributed by atoms with Gasteiger partial charge in [-0.2, -0.15) is 0 Å². The number of amides is 4. The van der Waals surface area contributed by atoms with Crippen LogP contribution in [0, 0.1) is 0 Å². The molecule has 16 heteroatoms. The zero-order valence-corrected chi connectivity index (χ0v) is 21.4. The lowest BCUT2D eigenvalue weighted by Gasteiger charge is -2.26. The normalized spacial score (nSPS) is 14.5. The summed E-state index contributed by atoms with van der Waals surface area (Å²) in [7, 11) is 0. The van der Waals surface area contributed by atoms with Crippen molar-refractivity contribution >= 4 is 35.6 Å². The van der Waals surface area contributed by atoms with Gasteiger partial charge in [0.05, 0.1) is 18.6 Å². The van der Waals surface area contributed by atoms with E-state index in [1.165, 1.54) is 31.2 Å². The van der Waals surface area contributed by atoms with E-state index in [9.17, 15) is 39.3 Å². The van der Waals surface area contributed by atoms with Crippen LogP contribution in [0.5, 0.6) is 5.75 Å². The number of primary amides is 1. The fourth-order valence-electron chi connectivity index (χ4n) is 3.35. The van der Waals surface area contributed by atoms with Crippen molar-refractivity contribution in [1.29, 1.82) is 0 Å². The maximum Gasteiger partial charge on any atom is 0.326 e. The molecule has 1 rings (SSSR count). The van der Waals surface area contributed by atoms with Gasteiger partial charge in [0.2, 0.25) is 23.6 Å². The maximum absolute atomic E-state index is 13.1. The number of hydrogen-bond donors (Lipinski definition) is 10. The highest BCUT2D eigenvalue weighted by molar-refractivity contribution is 5.95. The molecule has 0 saturated heterocycles. The predicted molar refractivity (Wildman–Crippen MR) is 139 cm³/mol. The largest absolute Gasteiger partial charge is 0.508 e. The third-order valence-electron chi connectivity index (χ3n) is 5.39. The molecule has 4 amide bonds. The number of nitrogens with zero attached hydrogens (tertiary/aromatic N) is 1. The number of carboxylic acids is 1. The van der Waals surface area contributed by atoms with E-state index in [1.807, 2.05) is 0 Å². The Morgan fingerprint density at radius 3 is 2.03 bits per heavy atom. The first-order chi connectivity index (χ1) is 18.2. The van der Waals surface area contributed by atoms with Gasteiger partial charge in [0.15, 0.2) is 5.96 Å². The minimum atomic E-state index is -1.58. The van der Waals surface area contributed by atoms with E-state index in [0.29, 0.717) is 5.56 Å². The molecule has 0 aliphatic rings. The van der Waals surface area contributed by atoms with Gasteiger partial charge in [0.1, 0.15) is 23.9 Å². The Balaban J connectivity index is 3.11. The van der Waals surface area contributed by atoms with Crippen LogP contribution < -0.4 is 38.9 Å². The van der Waals surface area contributed by atoms with Crippen molar-refractivity contribution in [3.05, 3.63) is 29.8 Å². The molecule has 39 heavy (non-hydrogen) atoms. The second-order valence-corrected chi connectivity index (χ2v) is 8.78. The average molecular weight is 553 g/mol. The van der Waals surface area contributed by atoms with Gasteiger partial charge < -0.3 is 54.2 Å². The van der Waals surface area contributed by atoms with Gasteiger partial charge in [0.25, 0.3) is 0 Å². The van der Waals surface area contributed by atoms with Crippen LogP contribution in [0.3, 0.4) is 0 Å². The molecule has 216 valence electrons. The van der Waals surface area contributed by atoms with E-state index in [4.69, 9.17) is 22.9 Å². The molecule has 0 bridgehead atoms. The number of aliphatic imine (C=N–C) groups is 1. The Bertz CT molecular complexity index is 1040. The summed E-state index contributed by atoms with van der Waals surface area (Å²) in [5.41, 5.74) is 21.6. The van der Waals surface area contributed by atoms with Crippen LogP contribution in [0.4, 0.5) is 0 Å². The van der Waals surface area contributed by atoms with Crippen molar-refractivity contribution in [2.24, 2.45) is 27.9 Å². The third kappa shape index (κ3) is 12.1. The average Bonchev–Trinajstić information content (AvgIpc) is 2.83. The first-order valence-electron chi connectivity index (χ1n) is 11.9. The molecule has 0 aliphatic carbocycles. The highest BCUT2D eigenvalue weighted by atomic mass is 16.4.